The normalized spacial score (nSPS) is 11.4. The minimum atomic E-state index is -0.618. The Labute approximate surface area is 292 Å². The van der Waals surface area contributed by atoms with Crippen molar-refractivity contribution < 1.29 is 28.6 Å². The van der Waals surface area contributed by atoms with Gasteiger partial charge in [-0.1, -0.05) is 89.0 Å². The first-order valence-corrected chi connectivity index (χ1v) is 17.8. The Balaban J connectivity index is 1.63. The van der Waals surface area contributed by atoms with E-state index in [1.54, 1.807) is 42.1 Å². The topological polar surface area (TPSA) is 109 Å². The van der Waals surface area contributed by atoms with Crippen LogP contribution in [0.15, 0.2) is 60.9 Å². The van der Waals surface area contributed by atoms with Crippen LogP contribution in [0.2, 0.25) is 0 Å². The molecule has 1 N–H and O–H groups in total. The Morgan fingerprint density at radius 3 is 2.02 bits per heavy atom. The lowest BCUT2D eigenvalue weighted by atomic mass is 10.0. The van der Waals surface area contributed by atoms with Gasteiger partial charge in [0.25, 0.3) is 0 Å². The van der Waals surface area contributed by atoms with Crippen LogP contribution in [-0.4, -0.2) is 52.8 Å². The second kappa shape index (κ2) is 20.9. The minimum absolute atomic E-state index is 0.0127. The predicted octanol–water partition coefficient (Wildman–Crippen LogP) is 8.55. The van der Waals surface area contributed by atoms with E-state index in [4.69, 9.17) is 14.2 Å². The van der Waals surface area contributed by atoms with Crippen LogP contribution in [-0.2, 0) is 30.4 Å². The molecule has 0 atom stereocenters. The van der Waals surface area contributed by atoms with E-state index >= 15 is 0 Å². The first-order valence-electron chi connectivity index (χ1n) is 17.8. The lowest BCUT2D eigenvalue weighted by Gasteiger charge is -2.20. The number of aromatic nitrogens is 2. The number of carbonyl (C=O) groups is 3. The van der Waals surface area contributed by atoms with Crippen molar-refractivity contribution in [1.29, 1.82) is 0 Å². The zero-order chi connectivity index (χ0) is 35.5. The summed E-state index contributed by atoms with van der Waals surface area (Å²) in [6.45, 7) is 10.3. The molecule has 1 amide bonds. The van der Waals surface area contributed by atoms with Gasteiger partial charge in [0, 0.05) is 23.7 Å². The van der Waals surface area contributed by atoms with E-state index in [0.29, 0.717) is 24.6 Å². The quantitative estimate of drug-likeness (QED) is 0.0686. The SMILES string of the molecule is CCCCCCCCCCCCNC(=O)C=Cc1ccc(-c2c(-c3ccc(OCC(=O)OCC)cc3)ncn2CC(=O)OC(C)(C)C)cc1. The maximum atomic E-state index is 12.8. The van der Waals surface area contributed by atoms with Crippen molar-refractivity contribution in [2.24, 2.45) is 0 Å². The lowest BCUT2D eigenvalue weighted by Crippen LogP contribution is -2.26. The van der Waals surface area contributed by atoms with Crippen LogP contribution in [0, 0.1) is 0 Å². The molecular weight excluding hydrogens is 618 g/mol. The van der Waals surface area contributed by atoms with E-state index in [-0.39, 0.29) is 25.0 Å². The van der Waals surface area contributed by atoms with Gasteiger partial charge in [0.05, 0.1) is 24.3 Å². The van der Waals surface area contributed by atoms with Gasteiger partial charge >= 0.3 is 11.9 Å². The number of esters is 2. The standard InChI is InChI=1S/C40H55N3O6/c1-6-8-9-10-11-12-13-14-15-16-27-41-35(44)26-19-31-17-20-33(21-18-31)39-38(42-30-43(39)28-36(45)49-40(3,4)5)32-22-24-34(25-23-32)48-29-37(46)47-7-2/h17-26,30H,6-16,27-29H2,1-5H3,(H,41,44). The van der Waals surface area contributed by atoms with Crippen molar-refractivity contribution in [2.45, 2.75) is 111 Å². The van der Waals surface area contributed by atoms with Gasteiger partial charge in [-0.3, -0.25) is 9.59 Å². The summed E-state index contributed by atoms with van der Waals surface area (Å²) in [5.74, 6) is -0.385. The number of hydrogen-bond donors (Lipinski definition) is 1. The number of carbonyl (C=O) groups excluding carboxylic acids is 3. The van der Waals surface area contributed by atoms with Gasteiger partial charge < -0.3 is 24.1 Å². The van der Waals surface area contributed by atoms with Crippen molar-refractivity contribution in [2.75, 3.05) is 19.8 Å². The van der Waals surface area contributed by atoms with Gasteiger partial charge in [-0.2, -0.15) is 0 Å². The molecule has 1 aromatic heterocycles. The molecule has 1 heterocycles. The van der Waals surface area contributed by atoms with Gasteiger partial charge in [-0.25, -0.2) is 9.78 Å². The molecule has 0 fully saturated rings. The van der Waals surface area contributed by atoms with Crippen molar-refractivity contribution in [1.82, 2.24) is 14.9 Å². The van der Waals surface area contributed by atoms with Crippen LogP contribution >= 0.6 is 0 Å². The molecule has 0 aliphatic carbocycles. The van der Waals surface area contributed by atoms with Crippen molar-refractivity contribution in [3.05, 3.63) is 66.5 Å². The number of nitrogens with one attached hydrogen (secondary N) is 1. The second-order valence-corrected chi connectivity index (χ2v) is 13.2. The Morgan fingerprint density at radius 2 is 1.41 bits per heavy atom. The number of unbranched alkanes of at least 4 members (excludes halogenated alkanes) is 9. The first kappa shape index (κ1) is 39.0. The smallest absolute Gasteiger partial charge is 0.344 e. The van der Waals surface area contributed by atoms with Gasteiger partial charge in [0.2, 0.25) is 5.91 Å². The Bertz CT molecular complexity index is 1470. The summed E-state index contributed by atoms with van der Waals surface area (Å²) in [5, 5.41) is 2.99. The predicted molar refractivity (Wildman–Crippen MR) is 195 cm³/mol. The van der Waals surface area contributed by atoms with Crippen LogP contribution in [0.25, 0.3) is 28.6 Å². The van der Waals surface area contributed by atoms with Gasteiger partial charge in [-0.15, -0.1) is 0 Å². The highest BCUT2D eigenvalue weighted by Crippen LogP contribution is 2.33. The first-order chi connectivity index (χ1) is 23.6. The molecule has 3 rings (SSSR count). The fraction of sp³-hybridized carbons (Fsp3) is 0.500. The largest absolute Gasteiger partial charge is 0.482 e. The van der Waals surface area contributed by atoms with Crippen molar-refractivity contribution in [3.8, 4) is 28.3 Å². The van der Waals surface area contributed by atoms with Crippen LogP contribution in [0.4, 0.5) is 0 Å². The van der Waals surface area contributed by atoms with E-state index in [1.165, 1.54) is 51.4 Å². The number of hydrogen-bond acceptors (Lipinski definition) is 7. The Morgan fingerprint density at radius 1 is 0.796 bits per heavy atom. The third kappa shape index (κ3) is 14.7. The number of imidazole rings is 1. The third-order valence-corrected chi connectivity index (χ3v) is 7.79. The molecule has 9 heteroatoms. The maximum absolute atomic E-state index is 12.8. The zero-order valence-electron chi connectivity index (χ0n) is 30.1. The molecule has 0 saturated carbocycles. The van der Waals surface area contributed by atoms with E-state index in [9.17, 15) is 14.4 Å². The average Bonchev–Trinajstić information content (AvgIpc) is 3.48. The molecule has 3 aromatic rings. The summed E-state index contributed by atoms with van der Waals surface area (Å²) in [6.07, 6.45) is 17.6. The monoisotopic (exact) mass is 673 g/mol. The number of ether oxygens (including phenoxy) is 3. The summed E-state index contributed by atoms with van der Waals surface area (Å²) in [6, 6.07) is 15.0. The number of rotatable bonds is 21. The highest BCUT2D eigenvalue weighted by Gasteiger charge is 2.21. The zero-order valence-corrected chi connectivity index (χ0v) is 30.1. The fourth-order valence-corrected chi connectivity index (χ4v) is 5.39. The summed E-state index contributed by atoms with van der Waals surface area (Å²) in [7, 11) is 0. The summed E-state index contributed by atoms with van der Waals surface area (Å²) in [5.41, 5.74) is 3.34. The summed E-state index contributed by atoms with van der Waals surface area (Å²) < 4.78 is 17.8. The average molecular weight is 674 g/mol. The van der Waals surface area contributed by atoms with Crippen molar-refractivity contribution in [3.63, 3.8) is 0 Å². The molecule has 0 aliphatic rings. The van der Waals surface area contributed by atoms with Crippen LogP contribution in [0.1, 0.15) is 104 Å². The highest BCUT2D eigenvalue weighted by atomic mass is 16.6. The molecular formula is C40H55N3O6. The molecule has 266 valence electrons. The number of benzene rings is 2. The summed E-state index contributed by atoms with van der Waals surface area (Å²) >= 11 is 0. The highest BCUT2D eigenvalue weighted by molar-refractivity contribution is 5.91. The molecule has 0 radical (unpaired) electrons. The molecule has 0 aliphatic heterocycles. The molecule has 9 nitrogen and oxygen atoms in total. The molecule has 2 aromatic carbocycles. The van der Waals surface area contributed by atoms with Gasteiger partial charge in [-0.05, 0) is 70.0 Å². The molecule has 0 unspecified atom stereocenters. The molecule has 0 bridgehead atoms. The second-order valence-electron chi connectivity index (χ2n) is 13.2. The van der Waals surface area contributed by atoms with Gasteiger partial charge in [0.15, 0.2) is 6.61 Å². The van der Waals surface area contributed by atoms with E-state index in [1.807, 2.05) is 57.2 Å². The van der Waals surface area contributed by atoms with Gasteiger partial charge in [0.1, 0.15) is 17.9 Å². The summed E-state index contributed by atoms with van der Waals surface area (Å²) in [4.78, 5) is 41.6. The molecule has 49 heavy (non-hydrogen) atoms. The fourth-order valence-electron chi connectivity index (χ4n) is 5.39. The number of nitrogens with zero attached hydrogens (tertiary/aromatic N) is 2. The third-order valence-electron chi connectivity index (χ3n) is 7.79. The van der Waals surface area contributed by atoms with E-state index in [2.05, 4.69) is 17.2 Å². The molecule has 0 saturated heterocycles. The van der Waals surface area contributed by atoms with Crippen LogP contribution in [0.3, 0.4) is 0 Å². The van der Waals surface area contributed by atoms with E-state index < -0.39 is 11.6 Å². The Kier molecular flexibility index (Phi) is 16.6. The lowest BCUT2D eigenvalue weighted by molar-refractivity contribution is -0.155. The maximum Gasteiger partial charge on any atom is 0.344 e. The Hall–Kier alpha value is -4.40. The van der Waals surface area contributed by atoms with E-state index in [0.717, 1.165) is 35.2 Å². The van der Waals surface area contributed by atoms with Crippen molar-refractivity contribution >= 4 is 23.9 Å². The number of amides is 1. The molecule has 0 spiro atoms. The van der Waals surface area contributed by atoms with Crippen LogP contribution < -0.4 is 10.1 Å². The minimum Gasteiger partial charge on any atom is -0.482 e. The van der Waals surface area contributed by atoms with Crippen LogP contribution in [0.5, 0.6) is 5.75 Å².